The molecule has 2 heteroatoms. The van der Waals surface area contributed by atoms with E-state index in [1.807, 2.05) is 6.08 Å². The summed E-state index contributed by atoms with van der Waals surface area (Å²) in [6, 6.07) is 0. The first-order valence-electron chi connectivity index (χ1n) is 10.1. The first-order valence-corrected chi connectivity index (χ1v) is 10.1. The third-order valence-electron chi connectivity index (χ3n) is 8.34. The van der Waals surface area contributed by atoms with E-state index in [0.29, 0.717) is 23.7 Å². The standard InChI is InChI=1S/C23H32O2/c1-4-6-15-13-17(24)14-16-7-8-18-19(21(15)16)9-11-22(3)20(18)10-12-23(22,25)5-2/h2,4,15,17-20,24-25H,1,6-14H2,3H3/t15?,17?,18-,19+,20+,22+,23-/m1/s1. The topological polar surface area (TPSA) is 40.5 Å². The lowest BCUT2D eigenvalue weighted by Crippen LogP contribution is -2.51. The van der Waals surface area contributed by atoms with E-state index >= 15 is 0 Å². The Kier molecular flexibility index (Phi) is 4.17. The average molecular weight is 341 g/mol. The minimum Gasteiger partial charge on any atom is -0.393 e. The molecule has 0 radical (unpaired) electrons. The fraction of sp³-hybridized carbons (Fsp3) is 0.739. The van der Waals surface area contributed by atoms with Gasteiger partial charge in [-0.25, -0.2) is 0 Å². The lowest BCUT2D eigenvalue weighted by molar-refractivity contribution is -0.0726. The Morgan fingerprint density at radius 2 is 2.12 bits per heavy atom. The van der Waals surface area contributed by atoms with Gasteiger partial charge in [-0.05, 0) is 81.5 Å². The van der Waals surface area contributed by atoms with Crippen LogP contribution < -0.4 is 0 Å². The predicted molar refractivity (Wildman–Crippen MR) is 101 cm³/mol. The van der Waals surface area contributed by atoms with Gasteiger partial charge in [-0.15, -0.1) is 13.0 Å². The van der Waals surface area contributed by atoms with Gasteiger partial charge in [0.05, 0.1) is 6.10 Å². The van der Waals surface area contributed by atoms with Crippen LogP contribution in [0.5, 0.6) is 0 Å². The van der Waals surface area contributed by atoms with Crippen molar-refractivity contribution in [1.29, 1.82) is 0 Å². The monoisotopic (exact) mass is 340 g/mol. The Labute approximate surface area is 152 Å². The molecule has 0 bridgehead atoms. The Hall–Kier alpha value is -1.04. The molecule has 25 heavy (non-hydrogen) atoms. The van der Waals surface area contributed by atoms with E-state index in [1.165, 1.54) is 6.42 Å². The maximum absolute atomic E-state index is 11.1. The molecular weight excluding hydrogens is 308 g/mol. The highest BCUT2D eigenvalue weighted by molar-refractivity contribution is 5.32. The molecule has 0 aromatic rings. The molecule has 2 N–H and O–H groups in total. The lowest BCUT2D eigenvalue weighted by Gasteiger charge is -2.54. The summed E-state index contributed by atoms with van der Waals surface area (Å²) in [4.78, 5) is 0. The zero-order valence-electron chi connectivity index (χ0n) is 15.5. The number of aliphatic hydroxyl groups excluding tert-OH is 1. The first kappa shape index (κ1) is 17.4. The van der Waals surface area contributed by atoms with E-state index in [1.54, 1.807) is 11.1 Å². The number of terminal acetylenes is 1. The van der Waals surface area contributed by atoms with Gasteiger partial charge in [0, 0.05) is 5.41 Å². The number of allylic oxidation sites excluding steroid dienone is 2. The van der Waals surface area contributed by atoms with Crippen molar-refractivity contribution in [1.82, 2.24) is 0 Å². The van der Waals surface area contributed by atoms with Gasteiger partial charge in [0.1, 0.15) is 5.60 Å². The summed E-state index contributed by atoms with van der Waals surface area (Å²) in [5, 5.41) is 21.4. The average Bonchev–Trinajstić information content (AvgIpc) is 2.86. The number of hydrogen-bond donors (Lipinski definition) is 2. The van der Waals surface area contributed by atoms with E-state index < -0.39 is 5.60 Å². The number of rotatable bonds is 2. The highest BCUT2D eigenvalue weighted by atomic mass is 16.3. The third-order valence-corrected chi connectivity index (χ3v) is 8.34. The quantitative estimate of drug-likeness (QED) is 0.583. The van der Waals surface area contributed by atoms with Crippen LogP contribution in [0.15, 0.2) is 23.8 Å². The Bertz CT molecular complexity index is 641. The van der Waals surface area contributed by atoms with Gasteiger partial charge >= 0.3 is 0 Å². The summed E-state index contributed by atoms with van der Waals surface area (Å²) in [5.74, 6) is 5.07. The van der Waals surface area contributed by atoms with E-state index in [0.717, 1.165) is 51.4 Å². The van der Waals surface area contributed by atoms with Crippen LogP contribution in [0.3, 0.4) is 0 Å². The summed E-state index contributed by atoms with van der Waals surface area (Å²) >= 11 is 0. The number of fused-ring (bicyclic) bond motifs is 4. The van der Waals surface area contributed by atoms with Gasteiger partial charge in [0.2, 0.25) is 0 Å². The van der Waals surface area contributed by atoms with Crippen molar-refractivity contribution in [3.8, 4) is 12.3 Å². The molecule has 0 amide bonds. The zero-order valence-corrected chi connectivity index (χ0v) is 15.5. The van der Waals surface area contributed by atoms with Crippen molar-refractivity contribution in [2.45, 2.75) is 76.4 Å². The lowest BCUT2D eigenvalue weighted by atomic mass is 9.51. The van der Waals surface area contributed by atoms with Gasteiger partial charge in [0.25, 0.3) is 0 Å². The summed E-state index contributed by atoms with van der Waals surface area (Å²) in [6.07, 6.45) is 16.7. The Balaban J connectivity index is 1.68. The summed E-state index contributed by atoms with van der Waals surface area (Å²) < 4.78 is 0. The number of hydrogen-bond acceptors (Lipinski definition) is 2. The molecule has 2 fully saturated rings. The summed E-state index contributed by atoms with van der Waals surface area (Å²) in [7, 11) is 0. The van der Waals surface area contributed by atoms with Crippen molar-refractivity contribution in [2.24, 2.45) is 29.1 Å². The molecule has 0 saturated heterocycles. The molecular formula is C23H32O2. The van der Waals surface area contributed by atoms with Crippen LogP contribution in [-0.2, 0) is 0 Å². The van der Waals surface area contributed by atoms with Crippen LogP contribution in [0.1, 0.15) is 64.7 Å². The minimum atomic E-state index is -0.916. The normalized spacial score (nSPS) is 49.0. The second-order valence-electron chi connectivity index (χ2n) is 9.29. The second kappa shape index (κ2) is 6.00. The van der Waals surface area contributed by atoms with Gasteiger partial charge in [0.15, 0.2) is 0 Å². The zero-order chi connectivity index (χ0) is 17.8. The van der Waals surface area contributed by atoms with Crippen LogP contribution in [0.25, 0.3) is 0 Å². The van der Waals surface area contributed by atoms with Crippen LogP contribution >= 0.6 is 0 Å². The minimum absolute atomic E-state index is 0.122. The van der Waals surface area contributed by atoms with Crippen LogP contribution in [0, 0.1) is 41.4 Å². The van der Waals surface area contributed by atoms with Crippen molar-refractivity contribution in [3.63, 3.8) is 0 Å². The first-order chi connectivity index (χ1) is 11.9. The third kappa shape index (κ3) is 2.39. The summed E-state index contributed by atoms with van der Waals surface area (Å²) in [6.45, 7) is 6.20. The van der Waals surface area contributed by atoms with Crippen molar-refractivity contribution in [2.75, 3.05) is 0 Å². The fourth-order valence-electron chi connectivity index (χ4n) is 7.14. The smallest absolute Gasteiger partial charge is 0.130 e. The van der Waals surface area contributed by atoms with Crippen LogP contribution in [0.2, 0.25) is 0 Å². The van der Waals surface area contributed by atoms with E-state index in [4.69, 9.17) is 6.42 Å². The molecule has 2 saturated carbocycles. The maximum Gasteiger partial charge on any atom is 0.130 e. The maximum atomic E-state index is 11.1. The van der Waals surface area contributed by atoms with E-state index in [-0.39, 0.29) is 11.5 Å². The molecule has 0 aliphatic heterocycles. The molecule has 4 aliphatic carbocycles. The molecule has 2 nitrogen and oxygen atoms in total. The van der Waals surface area contributed by atoms with Crippen LogP contribution in [-0.4, -0.2) is 21.9 Å². The molecule has 7 atom stereocenters. The molecule has 136 valence electrons. The highest BCUT2D eigenvalue weighted by Gasteiger charge is 2.61. The molecule has 4 aliphatic rings. The summed E-state index contributed by atoms with van der Waals surface area (Å²) in [5.41, 5.74) is 2.17. The second-order valence-corrected chi connectivity index (χ2v) is 9.29. The van der Waals surface area contributed by atoms with Crippen molar-refractivity contribution < 1.29 is 10.2 Å². The van der Waals surface area contributed by atoms with Gasteiger partial charge in [-0.2, -0.15) is 0 Å². The molecule has 2 unspecified atom stereocenters. The molecule has 4 rings (SSSR count). The van der Waals surface area contributed by atoms with E-state index in [2.05, 4.69) is 19.4 Å². The van der Waals surface area contributed by atoms with Crippen molar-refractivity contribution in [3.05, 3.63) is 23.8 Å². The van der Waals surface area contributed by atoms with Gasteiger partial charge in [-0.3, -0.25) is 0 Å². The predicted octanol–water partition coefficient (Wildman–Crippen LogP) is 4.23. The van der Waals surface area contributed by atoms with Crippen LogP contribution in [0.4, 0.5) is 0 Å². The SMILES string of the molecule is C#C[C@@]1(O)CC[C@H]2[C@@H]3CCC4=C(C(CC=C)CC(O)C4)[C@H]3CC[C@@]21C. The van der Waals surface area contributed by atoms with Gasteiger partial charge < -0.3 is 10.2 Å². The molecule has 0 heterocycles. The van der Waals surface area contributed by atoms with Crippen molar-refractivity contribution >= 4 is 0 Å². The number of aliphatic hydroxyl groups is 2. The Morgan fingerprint density at radius 3 is 2.84 bits per heavy atom. The Morgan fingerprint density at radius 1 is 1.32 bits per heavy atom. The van der Waals surface area contributed by atoms with E-state index in [9.17, 15) is 10.2 Å². The fourth-order valence-corrected chi connectivity index (χ4v) is 7.14. The highest BCUT2D eigenvalue weighted by Crippen LogP contribution is 2.64. The van der Waals surface area contributed by atoms with Gasteiger partial charge in [-0.1, -0.05) is 30.1 Å². The molecule has 0 aromatic carbocycles. The largest absolute Gasteiger partial charge is 0.393 e. The molecule has 0 aromatic heterocycles. The molecule has 0 spiro atoms.